The number of carbonyl (C=O) groups excluding carboxylic acids is 3. The number of carbonyl (C=O) groups is 3. The Kier molecular flexibility index (Phi) is 10.8. The van der Waals surface area contributed by atoms with Gasteiger partial charge in [-0.15, -0.1) is 0 Å². The van der Waals surface area contributed by atoms with Gasteiger partial charge in [0.25, 0.3) is 11.8 Å². The lowest BCUT2D eigenvalue weighted by Crippen LogP contribution is -2.50. The van der Waals surface area contributed by atoms with Crippen LogP contribution in [0.5, 0.6) is 0 Å². The number of nitrogens with zero attached hydrogens (tertiary/aromatic N) is 2. The number of benzene rings is 2. The van der Waals surface area contributed by atoms with Crippen molar-refractivity contribution in [2.45, 2.75) is 70.5 Å². The Labute approximate surface area is 246 Å². The number of pyridine rings is 1. The molecular formula is C33H40FN5O3. The van der Waals surface area contributed by atoms with Crippen molar-refractivity contribution in [2.24, 2.45) is 11.7 Å². The maximum absolute atomic E-state index is 13.4. The Morgan fingerprint density at radius 3 is 2.43 bits per heavy atom. The van der Waals surface area contributed by atoms with E-state index in [0.717, 1.165) is 31.2 Å². The number of nitrogens with two attached hydrogens (primary N) is 1. The summed E-state index contributed by atoms with van der Waals surface area (Å²) in [5, 5.41) is 5.81. The minimum atomic E-state index is -0.563. The molecule has 1 saturated heterocycles. The quantitative estimate of drug-likeness (QED) is 0.300. The highest BCUT2D eigenvalue weighted by Gasteiger charge is 2.29. The van der Waals surface area contributed by atoms with E-state index in [4.69, 9.17) is 5.73 Å². The second kappa shape index (κ2) is 14.7. The van der Waals surface area contributed by atoms with Crippen molar-refractivity contribution in [1.82, 2.24) is 15.2 Å². The predicted molar refractivity (Wildman–Crippen MR) is 161 cm³/mol. The molecule has 4 atom stereocenters. The second-order valence-electron chi connectivity index (χ2n) is 11.0. The molecule has 2 aromatic carbocycles. The first-order valence-corrected chi connectivity index (χ1v) is 14.7. The summed E-state index contributed by atoms with van der Waals surface area (Å²) in [5.41, 5.74) is 8.48. The van der Waals surface area contributed by atoms with Crippen molar-refractivity contribution >= 4 is 23.4 Å². The van der Waals surface area contributed by atoms with Crippen molar-refractivity contribution in [3.8, 4) is 0 Å². The molecule has 4 N–H and O–H groups in total. The number of nitrogens with one attached hydrogen (secondary N) is 2. The monoisotopic (exact) mass is 573 g/mol. The number of hydrogen-bond donors (Lipinski definition) is 3. The predicted octanol–water partition coefficient (Wildman–Crippen LogP) is 4.96. The first kappa shape index (κ1) is 30.8. The fourth-order valence-electron chi connectivity index (χ4n) is 5.42. The normalized spacial score (nSPS) is 17.1. The molecule has 1 aliphatic rings. The minimum absolute atomic E-state index is 0.137. The summed E-state index contributed by atoms with van der Waals surface area (Å²) in [6.45, 7) is 4.54. The number of rotatable bonds is 11. The Morgan fingerprint density at radius 2 is 1.71 bits per heavy atom. The fourth-order valence-corrected chi connectivity index (χ4v) is 5.42. The highest BCUT2D eigenvalue weighted by molar-refractivity contribution is 5.96. The van der Waals surface area contributed by atoms with E-state index in [9.17, 15) is 18.8 Å². The molecular weight excluding hydrogens is 533 g/mol. The number of anilines is 1. The molecule has 0 bridgehead atoms. The van der Waals surface area contributed by atoms with Crippen LogP contribution in [-0.4, -0.2) is 52.3 Å². The Balaban J connectivity index is 1.46. The highest BCUT2D eigenvalue weighted by Crippen LogP contribution is 2.22. The van der Waals surface area contributed by atoms with Crippen molar-refractivity contribution in [3.63, 3.8) is 0 Å². The number of amides is 3. The van der Waals surface area contributed by atoms with Gasteiger partial charge in [-0.3, -0.25) is 14.4 Å². The van der Waals surface area contributed by atoms with Gasteiger partial charge in [0.2, 0.25) is 5.91 Å². The van der Waals surface area contributed by atoms with Crippen LogP contribution in [0.1, 0.15) is 72.5 Å². The molecule has 1 aromatic heterocycles. The minimum Gasteiger partial charge on any atom is -0.346 e. The van der Waals surface area contributed by atoms with Gasteiger partial charge in [-0.25, -0.2) is 9.37 Å². The molecule has 9 heteroatoms. The van der Waals surface area contributed by atoms with Crippen molar-refractivity contribution in [1.29, 1.82) is 0 Å². The van der Waals surface area contributed by atoms with Crippen LogP contribution in [-0.2, 0) is 11.2 Å². The molecule has 1 fully saturated rings. The molecule has 3 amide bonds. The lowest BCUT2D eigenvalue weighted by molar-refractivity contribution is -0.119. The summed E-state index contributed by atoms with van der Waals surface area (Å²) in [5.74, 6) is -1.71. The molecule has 42 heavy (non-hydrogen) atoms. The first-order valence-electron chi connectivity index (χ1n) is 14.7. The molecule has 222 valence electrons. The van der Waals surface area contributed by atoms with Crippen LogP contribution in [0.4, 0.5) is 10.1 Å². The largest absolute Gasteiger partial charge is 0.346 e. The molecule has 8 nitrogen and oxygen atoms in total. The van der Waals surface area contributed by atoms with Gasteiger partial charge < -0.3 is 21.3 Å². The van der Waals surface area contributed by atoms with Crippen LogP contribution in [0, 0.1) is 11.7 Å². The van der Waals surface area contributed by atoms with Crippen LogP contribution < -0.4 is 16.4 Å². The molecule has 1 aliphatic heterocycles. The van der Waals surface area contributed by atoms with E-state index in [1.807, 2.05) is 35.2 Å². The standard InChI is InChI=1S/C33H40FN5O3/c1-3-26-12-7-8-19-39(26)33(42)29-14-9-13-28(37-29)32(41)38-30(21-23-10-5-4-6-11-23)27(35)20-22(2)31(40)36-25-17-15-24(34)16-18-25/h4-6,9-11,13-18,22,26-27,30H,3,7-8,12,19-21,35H2,1-2H3,(H,36,40)(H,38,41)/t22-,26?,27+,30+/m1/s1. The van der Waals surface area contributed by atoms with Gasteiger partial charge in [-0.2, -0.15) is 0 Å². The fraction of sp³-hybridized carbons (Fsp3) is 0.394. The molecule has 0 spiro atoms. The van der Waals surface area contributed by atoms with Gasteiger partial charge in [0.15, 0.2) is 0 Å². The summed E-state index contributed by atoms with van der Waals surface area (Å²) in [7, 11) is 0. The SMILES string of the molecule is CCC1CCCCN1C(=O)c1cccc(C(=O)N[C@@H](Cc2ccccc2)[C@@H](N)C[C@@H](C)C(=O)Nc2ccc(F)cc2)n1. The number of piperidine rings is 1. The van der Waals surface area contributed by atoms with Gasteiger partial charge >= 0.3 is 0 Å². The third-order valence-electron chi connectivity index (χ3n) is 7.88. The summed E-state index contributed by atoms with van der Waals surface area (Å²) < 4.78 is 13.2. The molecule has 1 unspecified atom stereocenters. The summed E-state index contributed by atoms with van der Waals surface area (Å²) >= 11 is 0. The van der Waals surface area contributed by atoms with Gasteiger partial charge in [-0.05, 0) is 80.5 Å². The van der Waals surface area contributed by atoms with Crippen molar-refractivity contribution in [2.75, 3.05) is 11.9 Å². The summed E-state index contributed by atoms with van der Waals surface area (Å²) in [6, 6.07) is 19.2. The smallest absolute Gasteiger partial charge is 0.272 e. The van der Waals surface area contributed by atoms with E-state index < -0.39 is 23.9 Å². The molecule has 0 saturated carbocycles. The Hall–Kier alpha value is -4.11. The first-order chi connectivity index (χ1) is 20.2. The van der Waals surface area contributed by atoms with Crippen LogP contribution >= 0.6 is 0 Å². The summed E-state index contributed by atoms with van der Waals surface area (Å²) in [6.07, 6.45) is 4.66. The topological polar surface area (TPSA) is 117 Å². The van der Waals surface area contributed by atoms with E-state index in [1.54, 1.807) is 25.1 Å². The summed E-state index contributed by atoms with van der Waals surface area (Å²) in [4.78, 5) is 45.9. The maximum Gasteiger partial charge on any atom is 0.272 e. The average molecular weight is 574 g/mol. The van der Waals surface area contributed by atoms with Crippen LogP contribution in [0.15, 0.2) is 72.8 Å². The zero-order valence-electron chi connectivity index (χ0n) is 24.3. The number of likely N-dealkylation sites (tertiary alicyclic amines) is 1. The van der Waals surface area contributed by atoms with E-state index in [2.05, 4.69) is 22.5 Å². The number of hydrogen-bond acceptors (Lipinski definition) is 5. The van der Waals surface area contributed by atoms with E-state index in [0.29, 0.717) is 25.1 Å². The van der Waals surface area contributed by atoms with E-state index >= 15 is 0 Å². The Morgan fingerprint density at radius 1 is 1.00 bits per heavy atom. The van der Waals surface area contributed by atoms with Crippen LogP contribution in [0.2, 0.25) is 0 Å². The van der Waals surface area contributed by atoms with Crippen molar-refractivity contribution < 1.29 is 18.8 Å². The van der Waals surface area contributed by atoms with Crippen LogP contribution in [0.25, 0.3) is 0 Å². The lowest BCUT2D eigenvalue weighted by atomic mass is 9.92. The second-order valence-corrected chi connectivity index (χ2v) is 11.0. The third kappa shape index (κ3) is 8.22. The number of halogens is 1. The molecule has 4 rings (SSSR count). The van der Waals surface area contributed by atoms with Gasteiger partial charge in [0.05, 0.1) is 0 Å². The lowest BCUT2D eigenvalue weighted by Gasteiger charge is -2.35. The van der Waals surface area contributed by atoms with Crippen molar-refractivity contribution in [3.05, 3.63) is 95.6 Å². The van der Waals surface area contributed by atoms with Crippen LogP contribution in [0.3, 0.4) is 0 Å². The Bertz CT molecular complexity index is 1350. The van der Waals surface area contributed by atoms with E-state index in [-0.39, 0.29) is 35.1 Å². The highest BCUT2D eigenvalue weighted by atomic mass is 19.1. The maximum atomic E-state index is 13.4. The number of aromatic nitrogens is 1. The van der Waals surface area contributed by atoms with Gasteiger partial charge in [-0.1, -0.05) is 50.2 Å². The zero-order chi connectivity index (χ0) is 30.1. The van der Waals surface area contributed by atoms with E-state index in [1.165, 1.54) is 24.3 Å². The molecule has 3 aromatic rings. The van der Waals surface area contributed by atoms with Gasteiger partial charge in [0, 0.05) is 36.3 Å². The zero-order valence-corrected chi connectivity index (χ0v) is 24.3. The third-order valence-corrected chi connectivity index (χ3v) is 7.88. The van der Waals surface area contributed by atoms with Gasteiger partial charge in [0.1, 0.15) is 17.2 Å². The molecule has 0 radical (unpaired) electrons. The average Bonchev–Trinajstić information content (AvgIpc) is 3.01. The molecule has 0 aliphatic carbocycles. The molecule has 2 heterocycles.